The molecule has 2 atom stereocenters. The molecule has 112 valence electrons. The van der Waals surface area contributed by atoms with E-state index in [9.17, 15) is 0 Å². The van der Waals surface area contributed by atoms with E-state index in [-0.39, 0.29) is 5.41 Å². The van der Waals surface area contributed by atoms with Crippen molar-refractivity contribution in [2.75, 3.05) is 26.8 Å². The molecule has 2 aromatic rings. The van der Waals surface area contributed by atoms with Gasteiger partial charge in [-0.25, -0.2) is 0 Å². The van der Waals surface area contributed by atoms with E-state index in [4.69, 9.17) is 9.15 Å². The number of para-hydroxylation sites is 1. The summed E-state index contributed by atoms with van der Waals surface area (Å²) in [4.78, 5) is 2.60. The van der Waals surface area contributed by atoms with Crippen molar-refractivity contribution in [1.82, 2.24) is 4.90 Å². The van der Waals surface area contributed by atoms with Crippen LogP contribution in [-0.2, 0) is 11.2 Å². The van der Waals surface area contributed by atoms with Gasteiger partial charge in [0.2, 0.25) is 0 Å². The van der Waals surface area contributed by atoms with Crippen molar-refractivity contribution < 1.29 is 9.15 Å². The average Bonchev–Trinajstić information content (AvgIpc) is 2.85. The lowest BCUT2D eigenvalue weighted by Crippen LogP contribution is -2.49. The lowest BCUT2D eigenvalue weighted by Gasteiger charge is -2.49. The van der Waals surface area contributed by atoms with Crippen LogP contribution in [0.1, 0.15) is 37.1 Å². The highest BCUT2D eigenvalue weighted by Gasteiger charge is 2.46. The van der Waals surface area contributed by atoms with Gasteiger partial charge in [-0.15, -0.1) is 0 Å². The van der Waals surface area contributed by atoms with Crippen LogP contribution in [0.25, 0.3) is 11.0 Å². The Hall–Kier alpha value is -1.32. The molecule has 1 aromatic heterocycles. The van der Waals surface area contributed by atoms with Crippen LogP contribution in [0.15, 0.2) is 28.7 Å². The topological polar surface area (TPSA) is 25.6 Å². The van der Waals surface area contributed by atoms with Gasteiger partial charge >= 0.3 is 0 Å². The summed E-state index contributed by atoms with van der Waals surface area (Å²) in [6.45, 7) is 5.47. The van der Waals surface area contributed by atoms with Crippen molar-refractivity contribution in [3.8, 4) is 0 Å². The number of hydrogen-bond acceptors (Lipinski definition) is 3. The third-order valence-corrected chi connectivity index (χ3v) is 5.32. The molecule has 2 aliphatic rings. The summed E-state index contributed by atoms with van der Waals surface area (Å²) in [6.07, 6.45) is 3.57. The molecule has 1 aromatic carbocycles. The number of methoxy groups -OCH3 is 1. The number of rotatable bonds is 2. The maximum absolute atomic E-state index is 6.30. The largest absolute Gasteiger partial charge is 0.459 e. The van der Waals surface area contributed by atoms with E-state index in [2.05, 4.69) is 36.1 Å². The minimum Gasteiger partial charge on any atom is -0.459 e. The summed E-state index contributed by atoms with van der Waals surface area (Å²) < 4.78 is 11.9. The number of hydrogen-bond donors (Lipinski definition) is 0. The molecule has 3 heteroatoms. The van der Waals surface area contributed by atoms with Crippen LogP contribution in [0.2, 0.25) is 0 Å². The Kier molecular flexibility index (Phi) is 3.09. The second kappa shape index (κ2) is 4.85. The molecule has 0 bridgehead atoms. The van der Waals surface area contributed by atoms with Crippen LogP contribution < -0.4 is 0 Å². The summed E-state index contributed by atoms with van der Waals surface area (Å²) in [5.41, 5.74) is 2.61. The Bertz CT molecular complexity index is 658. The lowest BCUT2D eigenvalue weighted by molar-refractivity contribution is -0.0428. The number of furan rings is 1. The molecular formula is C18H23NO2. The van der Waals surface area contributed by atoms with Gasteiger partial charge in [-0.3, -0.25) is 4.90 Å². The Morgan fingerprint density at radius 1 is 1.33 bits per heavy atom. The first-order chi connectivity index (χ1) is 10.2. The minimum atomic E-state index is 0.149. The van der Waals surface area contributed by atoms with E-state index in [1.165, 1.54) is 36.1 Å². The summed E-state index contributed by atoms with van der Waals surface area (Å²) in [6, 6.07) is 8.82. The van der Waals surface area contributed by atoms with Gasteiger partial charge in [0.05, 0.1) is 12.6 Å². The zero-order valence-corrected chi connectivity index (χ0v) is 12.9. The van der Waals surface area contributed by atoms with Gasteiger partial charge in [-0.05, 0) is 31.9 Å². The zero-order valence-electron chi connectivity index (χ0n) is 12.9. The Morgan fingerprint density at radius 2 is 2.19 bits per heavy atom. The second-order valence-electron chi connectivity index (χ2n) is 6.82. The van der Waals surface area contributed by atoms with E-state index in [0.29, 0.717) is 6.04 Å². The van der Waals surface area contributed by atoms with E-state index in [0.717, 1.165) is 25.2 Å². The molecule has 3 heterocycles. The number of benzene rings is 1. The summed E-state index contributed by atoms with van der Waals surface area (Å²) in [5, 5.41) is 1.30. The molecule has 2 aliphatic heterocycles. The fraction of sp³-hybridized carbons (Fsp3) is 0.556. The maximum atomic E-state index is 6.30. The van der Waals surface area contributed by atoms with Crippen LogP contribution in [0.5, 0.6) is 0 Å². The van der Waals surface area contributed by atoms with Gasteiger partial charge in [0.1, 0.15) is 11.3 Å². The SMILES string of the molecule is COCC1(C)CCCN2CCc3c(oc4ccccc34)C21. The van der Waals surface area contributed by atoms with Gasteiger partial charge in [0.15, 0.2) is 0 Å². The highest BCUT2D eigenvalue weighted by atomic mass is 16.5. The van der Waals surface area contributed by atoms with Crippen molar-refractivity contribution in [1.29, 1.82) is 0 Å². The fourth-order valence-electron chi connectivity index (χ4n) is 4.45. The predicted octanol–water partition coefficient (Wildman–Crippen LogP) is 3.78. The second-order valence-corrected chi connectivity index (χ2v) is 6.82. The Balaban J connectivity index is 1.87. The maximum Gasteiger partial charge on any atom is 0.134 e. The van der Waals surface area contributed by atoms with Crippen molar-refractivity contribution >= 4 is 11.0 Å². The third-order valence-electron chi connectivity index (χ3n) is 5.32. The van der Waals surface area contributed by atoms with Crippen molar-refractivity contribution in [3.05, 3.63) is 35.6 Å². The minimum absolute atomic E-state index is 0.149. The first-order valence-electron chi connectivity index (χ1n) is 7.96. The Morgan fingerprint density at radius 3 is 3.05 bits per heavy atom. The van der Waals surface area contributed by atoms with Crippen LogP contribution in [0, 0.1) is 5.41 Å². The highest BCUT2D eigenvalue weighted by Crippen LogP contribution is 2.50. The molecular weight excluding hydrogens is 262 g/mol. The molecule has 1 saturated heterocycles. The number of nitrogens with zero attached hydrogens (tertiary/aromatic N) is 1. The van der Waals surface area contributed by atoms with Gasteiger partial charge in [0, 0.05) is 30.0 Å². The van der Waals surface area contributed by atoms with Gasteiger partial charge in [-0.2, -0.15) is 0 Å². The first-order valence-corrected chi connectivity index (χ1v) is 7.96. The molecule has 0 saturated carbocycles. The first kappa shape index (κ1) is 13.4. The molecule has 0 spiro atoms. The third kappa shape index (κ3) is 1.95. The molecule has 1 fully saturated rings. The quantitative estimate of drug-likeness (QED) is 0.839. The summed E-state index contributed by atoms with van der Waals surface area (Å²) in [7, 11) is 1.81. The van der Waals surface area contributed by atoms with Crippen LogP contribution in [-0.4, -0.2) is 31.7 Å². The highest BCUT2D eigenvalue weighted by molar-refractivity contribution is 5.82. The monoisotopic (exact) mass is 285 g/mol. The summed E-state index contributed by atoms with van der Waals surface area (Å²) in [5.74, 6) is 1.20. The number of fused-ring (bicyclic) bond motifs is 5. The lowest BCUT2D eigenvalue weighted by atomic mass is 9.72. The van der Waals surface area contributed by atoms with E-state index in [1.807, 2.05) is 7.11 Å². The van der Waals surface area contributed by atoms with E-state index < -0.39 is 0 Å². The van der Waals surface area contributed by atoms with Gasteiger partial charge in [-0.1, -0.05) is 25.1 Å². The molecule has 0 aliphatic carbocycles. The van der Waals surface area contributed by atoms with Crippen LogP contribution in [0.4, 0.5) is 0 Å². The van der Waals surface area contributed by atoms with Gasteiger partial charge < -0.3 is 9.15 Å². The zero-order chi connectivity index (χ0) is 14.4. The predicted molar refractivity (Wildman–Crippen MR) is 83.4 cm³/mol. The standard InChI is InChI=1S/C18H23NO2/c1-18(12-20-2)9-5-10-19-11-8-14-13-6-3-4-7-15(13)21-16(14)17(18)19/h3-4,6-7,17H,5,8-12H2,1-2H3. The van der Waals surface area contributed by atoms with Crippen molar-refractivity contribution in [2.45, 2.75) is 32.2 Å². The molecule has 0 N–H and O–H groups in total. The number of ether oxygens (including phenoxy) is 1. The summed E-state index contributed by atoms with van der Waals surface area (Å²) >= 11 is 0. The van der Waals surface area contributed by atoms with Crippen molar-refractivity contribution in [2.24, 2.45) is 5.41 Å². The van der Waals surface area contributed by atoms with Crippen LogP contribution >= 0.6 is 0 Å². The fourth-order valence-corrected chi connectivity index (χ4v) is 4.45. The normalized spacial score (nSPS) is 29.3. The van der Waals surface area contributed by atoms with Crippen molar-refractivity contribution in [3.63, 3.8) is 0 Å². The number of piperidine rings is 1. The smallest absolute Gasteiger partial charge is 0.134 e. The Labute approximate surface area is 125 Å². The van der Waals surface area contributed by atoms with E-state index in [1.54, 1.807) is 0 Å². The molecule has 0 amide bonds. The average molecular weight is 285 g/mol. The molecule has 4 rings (SSSR count). The molecule has 21 heavy (non-hydrogen) atoms. The van der Waals surface area contributed by atoms with Gasteiger partial charge in [0.25, 0.3) is 0 Å². The van der Waals surface area contributed by atoms with Crippen LogP contribution in [0.3, 0.4) is 0 Å². The molecule has 0 radical (unpaired) electrons. The van der Waals surface area contributed by atoms with E-state index >= 15 is 0 Å². The molecule has 3 nitrogen and oxygen atoms in total. The molecule has 2 unspecified atom stereocenters.